The first-order chi connectivity index (χ1) is 9.44. The average molecular weight is 325 g/mol. The van der Waals surface area contributed by atoms with Gasteiger partial charge in [-0.15, -0.1) is 0 Å². The maximum atomic E-state index is 12.0. The number of halogens is 3. The molecular formula is C12H14F3NO4S. The predicted molar refractivity (Wildman–Crippen MR) is 68.7 cm³/mol. The van der Waals surface area contributed by atoms with Crippen molar-refractivity contribution in [2.24, 2.45) is 0 Å². The highest BCUT2D eigenvalue weighted by Gasteiger charge is 2.28. The zero-order valence-electron chi connectivity index (χ0n) is 11.3. The minimum absolute atomic E-state index is 0.241. The molecule has 1 aromatic rings. The standard InChI is InChI=1S/C12H14F3NO4S/c1-7-5-9(11(17)18)6-10(8(7)2)21(19,20)16-4-3-12(13,14)15/h5-6,16H,3-4H2,1-2H3,(H,17,18). The normalized spacial score (nSPS) is 12.4. The minimum atomic E-state index is -4.48. The molecule has 0 aliphatic carbocycles. The molecular weight excluding hydrogens is 311 g/mol. The Bertz CT molecular complexity index is 653. The maximum absolute atomic E-state index is 12.0. The van der Waals surface area contributed by atoms with Crippen LogP contribution in [0.15, 0.2) is 17.0 Å². The van der Waals surface area contributed by atoms with Gasteiger partial charge in [0.1, 0.15) is 0 Å². The van der Waals surface area contributed by atoms with E-state index in [2.05, 4.69) is 0 Å². The number of aromatic carboxylic acids is 1. The van der Waals surface area contributed by atoms with Gasteiger partial charge in [-0.05, 0) is 37.1 Å². The summed E-state index contributed by atoms with van der Waals surface area (Å²) in [4.78, 5) is 10.6. The highest BCUT2D eigenvalue weighted by atomic mass is 32.2. The number of rotatable bonds is 5. The topological polar surface area (TPSA) is 83.5 Å². The first-order valence-corrected chi connectivity index (χ1v) is 7.33. The second kappa shape index (κ2) is 6.02. The molecule has 0 radical (unpaired) electrons. The number of hydrogen-bond acceptors (Lipinski definition) is 3. The number of carbonyl (C=O) groups is 1. The molecule has 0 aliphatic heterocycles. The lowest BCUT2D eigenvalue weighted by Gasteiger charge is -2.13. The molecule has 0 saturated heterocycles. The second-order valence-corrected chi connectivity index (χ2v) is 6.22. The number of aryl methyl sites for hydroxylation is 1. The molecule has 1 aromatic carbocycles. The van der Waals surface area contributed by atoms with Crippen molar-refractivity contribution in [2.75, 3.05) is 6.54 Å². The van der Waals surface area contributed by atoms with Crippen molar-refractivity contribution in [1.82, 2.24) is 4.72 Å². The molecule has 0 unspecified atom stereocenters. The van der Waals surface area contributed by atoms with Crippen molar-refractivity contribution in [3.8, 4) is 0 Å². The smallest absolute Gasteiger partial charge is 0.390 e. The van der Waals surface area contributed by atoms with Crippen molar-refractivity contribution in [3.63, 3.8) is 0 Å². The van der Waals surface area contributed by atoms with Crippen LogP contribution < -0.4 is 4.72 Å². The van der Waals surface area contributed by atoms with E-state index in [4.69, 9.17) is 5.11 Å². The van der Waals surface area contributed by atoms with E-state index in [0.29, 0.717) is 11.1 Å². The highest BCUT2D eigenvalue weighted by Crippen LogP contribution is 2.22. The summed E-state index contributed by atoms with van der Waals surface area (Å²) in [5.41, 5.74) is 0.472. The number of benzene rings is 1. The van der Waals surface area contributed by atoms with Crippen molar-refractivity contribution in [1.29, 1.82) is 0 Å². The predicted octanol–water partition coefficient (Wildman–Crippen LogP) is 2.23. The fourth-order valence-corrected chi connectivity index (χ4v) is 3.01. The Morgan fingerprint density at radius 1 is 1.29 bits per heavy atom. The molecule has 0 aliphatic rings. The third-order valence-electron chi connectivity index (χ3n) is 2.86. The molecule has 0 heterocycles. The summed E-state index contributed by atoms with van der Waals surface area (Å²) in [5.74, 6) is -1.31. The van der Waals surface area contributed by atoms with E-state index in [1.54, 1.807) is 0 Å². The Kier molecular flexibility index (Phi) is 5.00. The highest BCUT2D eigenvalue weighted by molar-refractivity contribution is 7.89. The summed E-state index contributed by atoms with van der Waals surface area (Å²) in [6.45, 7) is 2.18. The lowest BCUT2D eigenvalue weighted by atomic mass is 10.1. The van der Waals surface area contributed by atoms with Crippen LogP contribution in [0.3, 0.4) is 0 Å². The lowest BCUT2D eigenvalue weighted by molar-refractivity contribution is -0.132. The molecule has 1 rings (SSSR count). The van der Waals surface area contributed by atoms with Gasteiger partial charge in [-0.2, -0.15) is 13.2 Å². The van der Waals surface area contributed by atoms with E-state index >= 15 is 0 Å². The number of sulfonamides is 1. The Balaban J connectivity index is 3.11. The quantitative estimate of drug-likeness (QED) is 0.869. The van der Waals surface area contributed by atoms with Crippen molar-refractivity contribution in [3.05, 3.63) is 28.8 Å². The number of nitrogens with one attached hydrogen (secondary N) is 1. The Hall–Kier alpha value is -1.61. The minimum Gasteiger partial charge on any atom is -0.478 e. The van der Waals surface area contributed by atoms with Gasteiger partial charge < -0.3 is 5.11 Å². The van der Waals surface area contributed by atoms with Crippen LogP contribution in [0.2, 0.25) is 0 Å². The summed E-state index contributed by atoms with van der Waals surface area (Å²) in [6, 6.07) is 2.23. The third-order valence-corrected chi connectivity index (χ3v) is 4.44. The summed E-state index contributed by atoms with van der Waals surface area (Å²) in [6.07, 6.45) is -5.78. The number of carboxylic acids is 1. The van der Waals surface area contributed by atoms with E-state index in [1.807, 2.05) is 4.72 Å². The van der Waals surface area contributed by atoms with Crippen molar-refractivity contribution < 1.29 is 31.5 Å². The van der Waals surface area contributed by atoms with Crippen molar-refractivity contribution in [2.45, 2.75) is 31.3 Å². The molecule has 9 heteroatoms. The monoisotopic (exact) mass is 325 g/mol. The summed E-state index contributed by atoms with van der Waals surface area (Å²) in [5, 5.41) is 8.91. The van der Waals surface area contributed by atoms with Crippen LogP contribution in [0.4, 0.5) is 13.2 Å². The van der Waals surface area contributed by atoms with E-state index < -0.39 is 35.1 Å². The second-order valence-electron chi connectivity index (χ2n) is 4.48. The van der Waals surface area contributed by atoms with Gasteiger partial charge in [0.05, 0.1) is 16.9 Å². The van der Waals surface area contributed by atoms with Gasteiger partial charge in [0, 0.05) is 6.54 Å². The van der Waals surface area contributed by atoms with Gasteiger partial charge in [-0.1, -0.05) is 0 Å². The average Bonchev–Trinajstić information content (AvgIpc) is 2.29. The SMILES string of the molecule is Cc1cc(C(=O)O)cc(S(=O)(=O)NCCC(F)(F)F)c1C. The number of hydrogen-bond donors (Lipinski definition) is 2. The number of carboxylic acid groups (broad SMARTS) is 1. The zero-order valence-corrected chi connectivity index (χ0v) is 12.1. The Morgan fingerprint density at radius 3 is 2.33 bits per heavy atom. The molecule has 2 N–H and O–H groups in total. The van der Waals surface area contributed by atoms with E-state index in [-0.39, 0.29) is 10.5 Å². The van der Waals surface area contributed by atoms with Gasteiger partial charge in [-0.25, -0.2) is 17.9 Å². The molecule has 5 nitrogen and oxygen atoms in total. The van der Waals surface area contributed by atoms with E-state index in [9.17, 15) is 26.4 Å². The van der Waals surface area contributed by atoms with E-state index in [1.165, 1.54) is 19.9 Å². The first kappa shape index (κ1) is 17.4. The van der Waals surface area contributed by atoms with Gasteiger partial charge >= 0.3 is 12.1 Å². The lowest BCUT2D eigenvalue weighted by Crippen LogP contribution is -2.29. The van der Waals surface area contributed by atoms with Crippen molar-refractivity contribution >= 4 is 16.0 Å². The molecule has 0 atom stereocenters. The fraction of sp³-hybridized carbons (Fsp3) is 0.417. The molecule has 118 valence electrons. The van der Waals surface area contributed by atoms with Crippen LogP contribution in [0.25, 0.3) is 0 Å². The molecule has 0 amide bonds. The largest absolute Gasteiger partial charge is 0.478 e. The Morgan fingerprint density at radius 2 is 1.86 bits per heavy atom. The molecule has 0 saturated carbocycles. The summed E-state index contributed by atoms with van der Waals surface area (Å²) >= 11 is 0. The molecule has 21 heavy (non-hydrogen) atoms. The Labute approximate surface area is 119 Å². The first-order valence-electron chi connectivity index (χ1n) is 5.85. The van der Waals surface area contributed by atoms with Crippen LogP contribution in [0.5, 0.6) is 0 Å². The van der Waals surface area contributed by atoms with Crippen LogP contribution in [-0.4, -0.2) is 32.2 Å². The van der Waals surface area contributed by atoms with E-state index in [0.717, 1.165) is 6.07 Å². The molecule has 0 fully saturated rings. The van der Waals surface area contributed by atoms with Crippen LogP contribution in [0.1, 0.15) is 27.9 Å². The van der Waals surface area contributed by atoms with Gasteiger partial charge in [0.25, 0.3) is 0 Å². The van der Waals surface area contributed by atoms with Gasteiger partial charge in [-0.3, -0.25) is 0 Å². The van der Waals surface area contributed by atoms with Crippen LogP contribution >= 0.6 is 0 Å². The zero-order chi connectivity index (χ0) is 16.4. The van der Waals surface area contributed by atoms with Gasteiger partial charge in [0.2, 0.25) is 10.0 Å². The molecule has 0 aromatic heterocycles. The van der Waals surface area contributed by atoms with Crippen LogP contribution in [-0.2, 0) is 10.0 Å². The summed E-state index contributed by atoms with van der Waals surface area (Å²) in [7, 11) is -4.21. The molecule has 0 spiro atoms. The van der Waals surface area contributed by atoms with Crippen LogP contribution in [0, 0.1) is 13.8 Å². The third kappa shape index (κ3) is 4.71. The number of alkyl halides is 3. The maximum Gasteiger partial charge on any atom is 0.390 e. The fourth-order valence-electron chi connectivity index (χ4n) is 1.63. The van der Waals surface area contributed by atoms with Gasteiger partial charge in [0.15, 0.2) is 0 Å². The summed E-state index contributed by atoms with van der Waals surface area (Å²) < 4.78 is 61.9. The molecule has 0 bridgehead atoms.